The van der Waals surface area contributed by atoms with Crippen molar-refractivity contribution in [1.82, 2.24) is 0 Å². The quantitative estimate of drug-likeness (QED) is 0.708. The van der Waals surface area contributed by atoms with Crippen LogP contribution in [0, 0.1) is 0 Å². The van der Waals surface area contributed by atoms with Crippen molar-refractivity contribution in [3.63, 3.8) is 0 Å². The van der Waals surface area contributed by atoms with Gasteiger partial charge in [0.1, 0.15) is 6.67 Å². The molecule has 0 saturated heterocycles. The summed E-state index contributed by atoms with van der Waals surface area (Å²) in [6, 6.07) is 5.91. The molecule has 0 aliphatic rings. The zero-order valence-corrected chi connectivity index (χ0v) is 8.58. The van der Waals surface area contributed by atoms with Crippen LogP contribution in [0.5, 0.6) is 0 Å². The van der Waals surface area contributed by atoms with E-state index in [-0.39, 0.29) is 6.67 Å². The molecule has 2 rings (SSSR count). The van der Waals surface area contributed by atoms with Crippen LogP contribution in [0.1, 0.15) is 5.56 Å². The normalized spacial score (nSPS) is 10.8. The average Bonchev–Trinajstić information content (AvgIpc) is 2.49. The van der Waals surface area contributed by atoms with Crippen molar-refractivity contribution in [3.05, 3.63) is 33.6 Å². The van der Waals surface area contributed by atoms with Crippen LogP contribution in [0.2, 0.25) is 0 Å². The van der Waals surface area contributed by atoms with Crippen LogP contribution < -0.4 is 0 Å². The molecular weight excluding hydrogens is 239 g/mol. The van der Waals surface area contributed by atoms with Crippen LogP contribution in [0.15, 0.2) is 28.1 Å². The fraction of sp³-hybridized carbons (Fsp3) is 0.111. The zero-order valence-electron chi connectivity index (χ0n) is 6.18. The van der Waals surface area contributed by atoms with Crippen LogP contribution in [-0.4, -0.2) is 0 Å². The first-order valence-corrected chi connectivity index (χ1v) is 5.20. The lowest BCUT2D eigenvalue weighted by atomic mass is 10.2. The molecule has 0 radical (unpaired) electrons. The van der Waals surface area contributed by atoms with Crippen molar-refractivity contribution in [2.75, 3.05) is 0 Å². The number of benzene rings is 1. The van der Waals surface area contributed by atoms with Crippen molar-refractivity contribution in [2.24, 2.45) is 0 Å². The molecule has 0 saturated carbocycles. The molecule has 0 unspecified atom stereocenters. The topological polar surface area (TPSA) is 0 Å². The van der Waals surface area contributed by atoms with Crippen LogP contribution in [0.4, 0.5) is 4.39 Å². The Kier molecular flexibility index (Phi) is 2.15. The van der Waals surface area contributed by atoms with Crippen molar-refractivity contribution < 1.29 is 4.39 Å². The molecule has 3 heteroatoms. The highest BCUT2D eigenvalue weighted by Gasteiger charge is 2.05. The second-order valence-corrected chi connectivity index (χ2v) is 4.27. The number of halogens is 2. The third-order valence-corrected chi connectivity index (χ3v) is 3.43. The van der Waals surface area contributed by atoms with Gasteiger partial charge in [0.05, 0.1) is 0 Å². The predicted molar refractivity (Wildman–Crippen MR) is 54.3 cm³/mol. The summed E-state index contributed by atoms with van der Waals surface area (Å²) in [5.41, 5.74) is 0.780. The molecule has 0 nitrogen and oxygen atoms in total. The van der Waals surface area contributed by atoms with E-state index in [1.807, 2.05) is 23.6 Å². The Morgan fingerprint density at radius 2 is 2.25 bits per heavy atom. The van der Waals surface area contributed by atoms with Gasteiger partial charge in [0, 0.05) is 20.1 Å². The molecule has 0 fully saturated rings. The molecule has 0 amide bonds. The molecule has 12 heavy (non-hydrogen) atoms. The summed E-state index contributed by atoms with van der Waals surface area (Å²) in [6.07, 6.45) is 0. The van der Waals surface area contributed by atoms with Gasteiger partial charge in [-0.25, -0.2) is 4.39 Å². The summed E-state index contributed by atoms with van der Waals surface area (Å²) in [5, 5.41) is 2.89. The van der Waals surface area contributed by atoms with Gasteiger partial charge in [-0.15, -0.1) is 11.3 Å². The van der Waals surface area contributed by atoms with Gasteiger partial charge < -0.3 is 0 Å². The summed E-state index contributed by atoms with van der Waals surface area (Å²) in [4.78, 5) is 0. The monoisotopic (exact) mass is 244 g/mol. The largest absolute Gasteiger partial charge is 0.246 e. The molecule has 0 spiro atoms. The van der Waals surface area contributed by atoms with Crippen LogP contribution in [-0.2, 0) is 6.67 Å². The first-order valence-electron chi connectivity index (χ1n) is 3.53. The maximum atomic E-state index is 12.5. The van der Waals surface area contributed by atoms with Crippen LogP contribution in [0.3, 0.4) is 0 Å². The molecule has 1 heterocycles. The first-order chi connectivity index (χ1) is 5.83. The lowest BCUT2D eigenvalue weighted by Crippen LogP contribution is -1.74. The molecule has 62 valence electrons. The molecular formula is C9H6BrFS. The lowest BCUT2D eigenvalue weighted by Gasteiger charge is -1.95. The van der Waals surface area contributed by atoms with Gasteiger partial charge in [0.15, 0.2) is 0 Å². The minimum absolute atomic E-state index is 0.386. The van der Waals surface area contributed by atoms with E-state index in [9.17, 15) is 4.39 Å². The fourth-order valence-corrected chi connectivity index (χ4v) is 2.92. The summed E-state index contributed by atoms with van der Waals surface area (Å²) in [6.45, 7) is -0.386. The van der Waals surface area contributed by atoms with Crippen molar-refractivity contribution >= 4 is 37.4 Å². The molecule has 1 aromatic carbocycles. The van der Waals surface area contributed by atoms with E-state index in [0.29, 0.717) is 0 Å². The van der Waals surface area contributed by atoms with Crippen molar-refractivity contribution in [2.45, 2.75) is 6.67 Å². The molecule has 0 aliphatic carbocycles. The van der Waals surface area contributed by atoms with Gasteiger partial charge in [0.2, 0.25) is 0 Å². The predicted octanol–water partition coefficient (Wildman–Crippen LogP) is 4.13. The zero-order chi connectivity index (χ0) is 8.55. The van der Waals surface area contributed by atoms with Gasteiger partial charge in [0.25, 0.3) is 0 Å². The second-order valence-electron chi connectivity index (χ2n) is 2.51. The van der Waals surface area contributed by atoms with Gasteiger partial charge in [-0.2, -0.15) is 0 Å². The molecule has 0 aliphatic heterocycles. The highest BCUT2D eigenvalue weighted by Crippen LogP contribution is 2.32. The Hall–Kier alpha value is -0.410. The van der Waals surface area contributed by atoms with E-state index < -0.39 is 0 Å². The summed E-state index contributed by atoms with van der Waals surface area (Å²) in [5.74, 6) is 0. The minimum atomic E-state index is -0.386. The number of thiophene rings is 1. The van der Waals surface area contributed by atoms with Crippen LogP contribution >= 0.6 is 27.3 Å². The Morgan fingerprint density at radius 3 is 3.00 bits per heavy atom. The minimum Gasteiger partial charge on any atom is -0.246 e. The number of hydrogen-bond donors (Lipinski definition) is 0. The number of fused-ring (bicyclic) bond motifs is 1. The highest BCUT2D eigenvalue weighted by molar-refractivity contribution is 9.10. The molecule has 0 N–H and O–H groups in total. The highest BCUT2D eigenvalue weighted by atomic mass is 79.9. The Labute approximate surface area is 82.2 Å². The average molecular weight is 245 g/mol. The third-order valence-electron chi connectivity index (χ3n) is 1.77. The molecule has 2 aromatic rings. The smallest absolute Gasteiger partial charge is 0.116 e. The lowest BCUT2D eigenvalue weighted by molar-refractivity contribution is 0.488. The Morgan fingerprint density at radius 1 is 1.42 bits per heavy atom. The van der Waals surface area contributed by atoms with E-state index in [4.69, 9.17) is 0 Å². The maximum absolute atomic E-state index is 12.5. The van der Waals surface area contributed by atoms with E-state index in [1.165, 1.54) is 0 Å². The fourth-order valence-electron chi connectivity index (χ4n) is 1.21. The first kappa shape index (κ1) is 8.20. The SMILES string of the molecule is FCc1csc2cccc(Br)c12. The van der Waals surface area contributed by atoms with Gasteiger partial charge in [-0.1, -0.05) is 22.0 Å². The Bertz CT molecular complexity index is 408. The van der Waals surface area contributed by atoms with Gasteiger partial charge in [-0.3, -0.25) is 0 Å². The van der Waals surface area contributed by atoms with E-state index >= 15 is 0 Å². The summed E-state index contributed by atoms with van der Waals surface area (Å²) < 4.78 is 14.6. The summed E-state index contributed by atoms with van der Waals surface area (Å²) in [7, 11) is 0. The molecule has 0 bridgehead atoms. The van der Waals surface area contributed by atoms with Crippen molar-refractivity contribution in [1.29, 1.82) is 0 Å². The third kappa shape index (κ3) is 1.17. The standard InChI is InChI=1S/C9H6BrFS/c10-7-2-1-3-8-9(7)6(4-11)5-12-8/h1-3,5H,4H2. The van der Waals surface area contributed by atoms with E-state index in [0.717, 1.165) is 20.1 Å². The van der Waals surface area contributed by atoms with E-state index in [2.05, 4.69) is 15.9 Å². The Balaban J connectivity index is 2.83. The maximum Gasteiger partial charge on any atom is 0.116 e. The molecule has 1 aromatic heterocycles. The number of rotatable bonds is 1. The second kappa shape index (κ2) is 3.15. The van der Waals surface area contributed by atoms with Gasteiger partial charge in [-0.05, 0) is 17.5 Å². The number of alkyl halides is 1. The molecule has 0 atom stereocenters. The van der Waals surface area contributed by atoms with Crippen LogP contribution in [0.25, 0.3) is 10.1 Å². The number of hydrogen-bond acceptors (Lipinski definition) is 1. The van der Waals surface area contributed by atoms with Crippen molar-refractivity contribution in [3.8, 4) is 0 Å². The van der Waals surface area contributed by atoms with E-state index in [1.54, 1.807) is 11.3 Å². The summed E-state index contributed by atoms with van der Waals surface area (Å²) >= 11 is 4.99. The van der Waals surface area contributed by atoms with Gasteiger partial charge >= 0.3 is 0 Å².